The fourth-order valence-corrected chi connectivity index (χ4v) is 5.97. The molecule has 3 aliphatic rings. The Labute approximate surface area is 180 Å². The number of halogens is 2. The Morgan fingerprint density at radius 1 is 0.929 bits per heavy atom. The monoisotopic (exact) mass is 424 g/mol. The third kappa shape index (κ3) is 4.70. The van der Waals surface area contributed by atoms with Crippen molar-refractivity contribution in [3.8, 4) is 0 Å². The highest BCUT2D eigenvalue weighted by Crippen LogP contribution is 2.42. The van der Waals surface area contributed by atoms with E-state index in [1.807, 2.05) is 12.1 Å². The van der Waals surface area contributed by atoms with Crippen LogP contribution in [0.2, 0.25) is 10.0 Å². The number of benzene rings is 1. The van der Waals surface area contributed by atoms with Gasteiger partial charge in [0.25, 0.3) is 0 Å². The Hall–Kier alpha value is -0.320. The van der Waals surface area contributed by atoms with Crippen LogP contribution in [0.1, 0.15) is 69.3 Å². The van der Waals surface area contributed by atoms with Gasteiger partial charge >= 0.3 is 0 Å². The maximum atomic E-state index is 11.6. The van der Waals surface area contributed by atoms with Crippen LogP contribution in [0, 0.1) is 0 Å². The molecule has 1 aromatic rings. The van der Waals surface area contributed by atoms with Crippen molar-refractivity contribution in [3.63, 3.8) is 0 Å². The van der Waals surface area contributed by atoms with Crippen molar-refractivity contribution in [2.24, 2.45) is 0 Å². The van der Waals surface area contributed by atoms with E-state index in [-0.39, 0.29) is 5.92 Å². The number of likely N-dealkylation sites (tertiary alicyclic amines) is 2. The molecule has 4 rings (SSSR count). The highest BCUT2D eigenvalue weighted by molar-refractivity contribution is 6.42. The van der Waals surface area contributed by atoms with E-state index < -0.39 is 5.60 Å². The van der Waals surface area contributed by atoms with Gasteiger partial charge < -0.3 is 14.9 Å². The Morgan fingerprint density at radius 3 is 2.25 bits per heavy atom. The van der Waals surface area contributed by atoms with Crippen molar-refractivity contribution >= 4 is 23.2 Å². The molecule has 2 heterocycles. The van der Waals surface area contributed by atoms with Gasteiger partial charge in [0.2, 0.25) is 0 Å². The van der Waals surface area contributed by atoms with Crippen LogP contribution < -0.4 is 0 Å². The largest absolute Gasteiger partial charge is 0.389 e. The lowest BCUT2D eigenvalue weighted by molar-refractivity contribution is -0.0338. The second-order valence-electron chi connectivity index (χ2n) is 9.17. The van der Waals surface area contributed by atoms with Crippen molar-refractivity contribution < 1.29 is 5.11 Å². The summed E-state index contributed by atoms with van der Waals surface area (Å²) < 4.78 is 0. The first kappa shape index (κ1) is 20.9. The molecule has 1 N–H and O–H groups in total. The molecule has 0 radical (unpaired) electrons. The summed E-state index contributed by atoms with van der Waals surface area (Å²) in [6.07, 6.45) is 10.5. The van der Waals surface area contributed by atoms with Gasteiger partial charge in [0.1, 0.15) is 0 Å². The van der Waals surface area contributed by atoms with Gasteiger partial charge in [-0.05, 0) is 82.4 Å². The Balaban J connectivity index is 1.47. The lowest BCUT2D eigenvalue weighted by Gasteiger charge is -2.44. The third-order valence-corrected chi connectivity index (χ3v) is 8.11. The number of piperidine rings is 1. The van der Waals surface area contributed by atoms with Gasteiger partial charge in [-0.2, -0.15) is 0 Å². The first-order valence-electron chi connectivity index (χ1n) is 11.2. The van der Waals surface area contributed by atoms with E-state index in [9.17, 15) is 5.11 Å². The lowest BCUT2D eigenvalue weighted by atomic mass is 9.72. The summed E-state index contributed by atoms with van der Waals surface area (Å²) in [4.78, 5) is 5.27. The first-order valence-corrected chi connectivity index (χ1v) is 11.9. The van der Waals surface area contributed by atoms with Crippen LogP contribution in [-0.4, -0.2) is 59.3 Å². The zero-order valence-electron chi connectivity index (χ0n) is 16.9. The predicted molar refractivity (Wildman–Crippen MR) is 118 cm³/mol. The molecular weight excluding hydrogens is 391 g/mol. The zero-order valence-corrected chi connectivity index (χ0v) is 18.4. The smallest absolute Gasteiger partial charge is 0.0728 e. The maximum absolute atomic E-state index is 11.6. The number of aliphatic hydroxyl groups is 1. The highest BCUT2D eigenvalue weighted by atomic mass is 35.5. The molecule has 3 fully saturated rings. The second-order valence-corrected chi connectivity index (χ2v) is 9.98. The summed E-state index contributed by atoms with van der Waals surface area (Å²) in [7, 11) is 0. The van der Waals surface area contributed by atoms with Crippen LogP contribution in [-0.2, 0) is 0 Å². The molecule has 1 aromatic carbocycles. The number of hydrogen-bond donors (Lipinski definition) is 1. The average Bonchev–Trinajstić information content (AvgIpc) is 3.24. The van der Waals surface area contributed by atoms with Crippen LogP contribution in [0.5, 0.6) is 0 Å². The van der Waals surface area contributed by atoms with E-state index in [1.165, 1.54) is 45.2 Å². The van der Waals surface area contributed by atoms with Crippen LogP contribution >= 0.6 is 23.2 Å². The molecule has 1 aliphatic carbocycles. The normalized spacial score (nSPS) is 25.8. The topological polar surface area (TPSA) is 26.7 Å². The molecule has 0 spiro atoms. The van der Waals surface area contributed by atoms with Gasteiger partial charge in [-0.3, -0.25) is 0 Å². The van der Waals surface area contributed by atoms with E-state index in [1.54, 1.807) is 0 Å². The van der Waals surface area contributed by atoms with Crippen LogP contribution in [0.3, 0.4) is 0 Å². The summed E-state index contributed by atoms with van der Waals surface area (Å²) >= 11 is 12.5. The SMILES string of the molecule is OC1(C(CN2CCC(N3CCCC3)CC2)c2ccc(Cl)c(Cl)c2)CCCCC1. The molecule has 1 saturated carbocycles. The zero-order chi connectivity index (χ0) is 19.6. The summed E-state index contributed by atoms with van der Waals surface area (Å²) in [6.45, 7) is 5.76. The van der Waals surface area contributed by atoms with Crippen molar-refractivity contribution in [2.75, 3.05) is 32.7 Å². The molecule has 3 nitrogen and oxygen atoms in total. The summed E-state index contributed by atoms with van der Waals surface area (Å²) in [5, 5.41) is 12.8. The maximum Gasteiger partial charge on any atom is 0.0728 e. The van der Waals surface area contributed by atoms with Crippen LogP contribution in [0.15, 0.2) is 18.2 Å². The average molecular weight is 425 g/mol. The van der Waals surface area contributed by atoms with Crippen molar-refractivity contribution in [2.45, 2.75) is 75.3 Å². The van der Waals surface area contributed by atoms with E-state index in [0.29, 0.717) is 10.0 Å². The fraction of sp³-hybridized carbons (Fsp3) is 0.739. The van der Waals surface area contributed by atoms with Gasteiger partial charge in [0, 0.05) is 18.5 Å². The molecule has 156 valence electrons. The highest BCUT2D eigenvalue weighted by Gasteiger charge is 2.40. The van der Waals surface area contributed by atoms with Crippen molar-refractivity contribution in [1.82, 2.24) is 9.80 Å². The van der Waals surface area contributed by atoms with E-state index in [2.05, 4.69) is 15.9 Å². The number of nitrogens with zero attached hydrogens (tertiary/aromatic N) is 2. The number of rotatable bonds is 5. The van der Waals surface area contributed by atoms with Gasteiger partial charge in [0.05, 0.1) is 15.6 Å². The standard InChI is InChI=1S/C23H34Cl2N2O/c24-21-7-6-18(16-22(21)25)20(23(28)10-2-1-3-11-23)17-26-14-8-19(9-15-26)27-12-4-5-13-27/h6-7,16,19-20,28H,1-5,8-15,17H2. The number of hydrogen-bond acceptors (Lipinski definition) is 3. The van der Waals surface area contributed by atoms with Crippen LogP contribution in [0.25, 0.3) is 0 Å². The summed E-state index contributed by atoms with van der Waals surface area (Å²) in [6, 6.07) is 6.71. The molecule has 28 heavy (non-hydrogen) atoms. The predicted octanol–water partition coefficient (Wildman–Crippen LogP) is 5.33. The lowest BCUT2D eigenvalue weighted by Crippen LogP contribution is -2.48. The van der Waals surface area contributed by atoms with E-state index in [0.717, 1.165) is 56.9 Å². The molecular formula is C23H34Cl2N2O. The second kappa shape index (κ2) is 9.22. The molecule has 0 bridgehead atoms. The molecule has 0 amide bonds. The molecule has 2 saturated heterocycles. The van der Waals surface area contributed by atoms with Gasteiger partial charge in [0.15, 0.2) is 0 Å². The van der Waals surface area contributed by atoms with Crippen molar-refractivity contribution in [3.05, 3.63) is 33.8 Å². The van der Waals surface area contributed by atoms with Crippen molar-refractivity contribution in [1.29, 1.82) is 0 Å². The quantitative estimate of drug-likeness (QED) is 0.691. The van der Waals surface area contributed by atoms with Crippen LogP contribution in [0.4, 0.5) is 0 Å². The summed E-state index contributed by atoms with van der Waals surface area (Å²) in [5.74, 6) is 0.103. The Kier molecular flexibility index (Phi) is 6.89. The molecule has 2 aliphatic heterocycles. The van der Waals surface area contributed by atoms with E-state index >= 15 is 0 Å². The molecule has 5 heteroatoms. The molecule has 0 aromatic heterocycles. The minimum Gasteiger partial charge on any atom is -0.389 e. The van der Waals surface area contributed by atoms with Gasteiger partial charge in [-0.1, -0.05) is 48.5 Å². The van der Waals surface area contributed by atoms with E-state index in [4.69, 9.17) is 23.2 Å². The Morgan fingerprint density at radius 2 is 1.61 bits per heavy atom. The third-order valence-electron chi connectivity index (χ3n) is 7.37. The molecule has 1 atom stereocenters. The first-order chi connectivity index (χ1) is 13.5. The van der Waals surface area contributed by atoms with Gasteiger partial charge in [-0.15, -0.1) is 0 Å². The van der Waals surface area contributed by atoms with Gasteiger partial charge in [-0.25, -0.2) is 0 Å². The Bertz CT molecular complexity index is 648. The fourth-order valence-electron chi connectivity index (χ4n) is 5.66. The minimum absolute atomic E-state index is 0.103. The molecule has 1 unspecified atom stereocenters. The minimum atomic E-state index is -0.624. The summed E-state index contributed by atoms with van der Waals surface area (Å²) in [5.41, 5.74) is 0.516.